The Labute approximate surface area is 174 Å². The van der Waals surface area contributed by atoms with Crippen LogP contribution in [-0.4, -0.2) is 61.4 Å². The molecule has 3 heterocycles. The third-order valence-corrected chi connectivity index (χ3v) is 5.27. The molecule has 2 fully saturated rings. The van der Waals surface area contributed by atoms with Gasteiger partial charge >= 0.3 is 6.18 Å². The zero-order valence-electron chi connectivity index (χ0n) is 16.9. The van der Waals surface area contributed by atoms with Crippen LogP contribution >= 0.6 is 0 Å². The van der Waals surface area contributed by atoms with Crippen molar-refractivity contribution in [3.8, 4) is 0 Å². The molecule has 8 heteroatoms. The highest BCUT2D eigenvalue weighted by atomic mass is 19.4. The molecule has 0 spiro atoms. The quantitative estimate of drug-likeness (QED) is 0.823. The van der Waals surface area contributed by atoms with Gasteiger partial charge in [0.1, 0.15) is 11.3 Å². The summed E-state index contributed by atoms with van der Waals surface area (Å²) in [4.78, 5) is 7.47. The normalized spacial score (nSPS) is 18.8. The summed E-state index contributed by atoms with van der Waals surface area (Å²) < 4.78 is 42.5. The van der Waals surface area contributed by atoms with Gasteiger partial charge < -0.3 is 19.6 Å². The molecule has 0 saturated carbocycles. The Balaban J connectivity index is 0.000000177. The second-order valence-corrected chi connectivity index (χ2v) is 7.54. The van der Waals surface area contributed by atoms with Gasteiger partial charge in [0, 0.05) is 38.1 Å². The molecular weight excluding hydrogens is 395 g/mol. The molecule has 2 aromatic rings. The molecule has 2 aliphatic heterocycles. The minimum atomic E-state index is -4.37. The molecule has 5 nitrogen and oxygen atoms in total. The molecule has 2 aliphatic rings. The second-order valence-electron chi connectivity index (χ2n) is 7.54. The fraction of sp³-hybridized carbons (Fsp3) is 0.409. The third-order valence-electron chi connectivity index (χ3n) is 5.27. The molecule has 2 saturated heterocycles. The molecule has 162 valence electrons. The fourth-order valence-corrected chi connectivity index (χ4v) is 3.23. The maximum Gasteiger partial charge on any atom is 0.433 e. The zero-order chi connectivity index (χ0) is 21.8. The molecule has 4 rings (SSSR count). The van der Waals surface area contributed by atoms with E-state index in [4.69, 9.17) is 4.74 Å². The lowest BCUT2D eigenvalue weighted by Crippen LogP contribution is -2.46. The predicted octanol–water partition coefficient (Wildman–Crippen LogP) is 3.40. The number of anilines is 1. The molecule has 0 atom stereocenters. The molecule has 0 radical (unpaired) electrons. The van der Waals surface area contributed by atoms with Crippen molar-refractivity contribution in [1.82, 2.24) is 9.88 Å². The number of alkyl halides is 3. The number of benzene rings is 1. The Morgan fingerprint density at radius 2 is 1.73 bits per heavy atom. The minimum Gasteiger partial charge on any atom is -0.380 e. The summed E-state index contributed by atoms with van der Waals surface area (Å²) in [6.45, 7) is 7.70. The summed E-state index contributed by atoms with van der Waals surface area (Å²) in [6, 6.07) is 10.5. The van der Waals surface area contributed by atoms with E-state index in [9.17, 15) is 18.3 Å². The van der Waals surface area contributed by atoms with Crippen molar-refractivity contribution in [3.63, 3.8) is 0 Å². The number of aliphatic hydroxyl groups is 1. The van der Waals surface area contributed by atoms with Crippen LogP contribution in [0.5, 0.6) is 0 Å². The number of rotatable bonds is 3. The van der Waals surface area contributed by atoms with E-state index < -0.39 is 17.5 Å². The van der Waals surface area contributed by atoms with Crippen molar-refractivity contribution in [2.45, 2.75) is 11.8 Å². The largest absolute Gasteiger partial charge is 0.433 e. The molecule has 0 aliphatic carbocycles. The lowest BCUT2D eigenvalue weighted by Gasteiger charge is -2.36. The van der Waals surface area contributed by atoms with Crippen molar-refractivity contribution in [2.75, 3.05) is 51.3 Å². The number of aromatic nitrogens is 1. The Morgan fingerprint density at radius 1 is 1.10 bits per heavy atom. The first-order valence-corrected chi connectivity index (χ1v) is 9.71. The van der Waals surface area contributed by atoms with E-state index in [1.54, 1.807) is 12.1 Å². The molecule has 0 amide bonds. The van der Waals surface area contributed by atoms with E-state index in [0.717, 1.165) is 43.4 Å². The number of pyridine rings is 1. The standard InChI is InChI=1S/C11H14F3N3.C11H12O2/c1-16-4-6-17(7-5-16)9-2-3-15-10(8-9)11(12,13)14;1-2-9-3-5-10(6-4-9)11(12)7-13-8-11/h2-3,8H,4-7H2,1H3;2-6,12H,1,7-8H2. The molecule has 30 heavy (non-hydrogen) atoms. The highest BCUT2D eigenvalue weighted by Crippen LogP contribution is 2.30. The first-order chi connectivity index (χ1) is 14.2. The van der Waals surface area contributed by atoms with Crippen LogP contribution < -0.4 is 4.90 Å². The van der Waals surface area contributed by atoms with Crippen molar-refractivity contribution >= 4 is 11.8 Å². The number of likely N-dealkylation sites (N-methyl/N-ethyl adjacent to an activating group) is 1. The molecule has 1 aromatic heterocycles. The maximum absolute atomic E-state index is 12.5. The second kappa shape index (κ2) is 9.16. The van der Waals surface area contributed by atoms with E-state index in [-0.39, 0.29) is 0 Å². The zero-order valence-corrected chi connectivity index (χ0v) is 16.9. The van der Waals surface area contributed by atoms with E-state index in [1.807, 2.05) is 36.2 Å². The van der Waals surface area contributed by atoms with Crippen LogP contribution in [0.15, 0.2) is 49.2 Å². The Kier molecular flexibility index (Phi) is 6.80. The summed E-state index contributed by atoms with van der Waals surface area (Å²) in [5, 5.41) is 9.89. The monoisotopic (exact) mass is 421 g/mol. The first-order valence-electron chi connectivity index (χ1n) is 9.71. The number of piperazine rings is 1. The van der Waals surface area contributed by atoms with Gasteiger partial charge in [0.25, 0.3) is 0 Å². The van der Waals surface area contributed by atoms with Crippen molar-refractivity contribution in [3.05, 3.63) is 66.0 Å². The molecule has 1 aromatic carbocycles. The van der Waals surface area contributed by atoms with Crippen LogP contribution in [0.2, 0.25) is 0 Å². The first kappa shape index (κ1) is 22.3. The summed E-state index contributed by atoms with van der Waals surface area (Å²) in [5.74, 6) is 0. The van der Waals surface area contributed by atoms with E-state index in [0.29, 0.717) is 18.9 Å². The van der Waals surface area contributed by atoms with Crippen LogP contribution in [-0.2, 0) is 16.5 Å². The Bertz CT molecular complexity index is 843. The number of hydrogen-bond acceptors (Lipinski definition) is 5. The van der Waals surface area contributed by atoms with Crippen LogP contribution in [0, 0.1) is 0 Å². The predicted molar refractivity (Wildman–Crippen MR) is 110 cm³/mol. The smallest absolute Gasteiger partial charge is 0.380 e. The van der Waals surface area contributed by atoms with Gasteiger partial charge in [-0.2, -0.15) is 13.2 Å². The average Bonchev–Trinajstić information content (AvgIpc) is 2.72. The number of ether oxygens (including phenoxy) is 1. The average molecular weight is 421 g/mol. The highest BCUT2D eigenvalue weighted by Gasteiger charge is 2.37. The van der Waals surface area contributed by atoms with Gasteiger partial charge in [-0.05, 0) is 30.3 Å². The van der Waals surface area contributed by atoms with Crippen LogP contribution in [0.1, 0.15) is 16.8 Å². The van der Waals surface area contributed by atoms with E-state index in [1.165, 1.54) is 6.20 Å². The van der Waals surface area contributed by atoms with Crippen LogP contribution in [0.4, 0.5) is 18.9 Å². The lowest BCUT2D eigenvalue weighted by atomic mass is 9.91. The summed E-state index contributed by atoms with van der Waals surface area (Å²) in [7, 11) is 2.00. The van der Waals surface area contributed by atoms with Crippen molar-refractivity contribution < 1.29 is 23.0 Å². The summed E-state index contributed by atoms with van der Waals surface area (Å²) >= 11 is 0. The van der Waals surface area contributed by atoms with Gasteiger partial charge in [-0.15, -0.1) is 0 Å². The third kappa shape index (κ3) is 5.38. The number of halogens is 3. The fourth-order valence-electron chi connectivity index (χ4n) is 3.23. The topological polar surface area (TPSA) is 48.8 Å². The Morgan fingerprint density at radius 3 is 2.23 bits per heavy atom. The molecular formula is C22H26F3N3O2. The summed E-state index contributed by atoms with van der Waals surface area (Å²) in [5.41, 5.74) is 1.01. The Hall–Kier alpha value is -2.42. The number of nitrogens with zero attached hydrogens (tertiary/aromatic N) is 3. The minimum absolute atomic E-state index is 0.403. The molecule has 0 bridgehead atoms. The molecule has 1 N–H and O–H groups in total. The highest BCUT2D eigenvalue weighted by molar-refractivity contribution is 5.48. The van der Waals surface area contributed by atoms with Crippen LogP contribution in [0.3, 0.4) is 0 Å². The summed E-state index contributed by atoms with van der Waals surface area (Å²) in [6.07, 6.45) is -1.37. The maximum atomic E-state index is 12.5. The van der Waals surface area contributed by atoms with Crippen molar-refractivity contribution in [2.24, 2.45) is 0 Å². The molecule has 0 unspecified atom stereocenters. The van der Waals surface area contributed by atoms with Crippen molar-refractivity contribution in [1.29, 1.82) is 0 Å². The van der Waals surface area contributed by atoms with Gasteiger partial charge in [-0.3, -0.25) is 4.98 Å². The lowest BCUT2D eigenvalue weighted by molar-refractivity contribution is -0.184. The SMILES string of the molecule is C=Cc1ccc(C2(O)COC2)cc1.CN1CCN(c2ccnc(C(F)(F)F)c2)CC1. The number of hydrogen-bond donors (Lipinski definition) is 1. The van der Waals surface area contributed by atoms with E-state index in [2.05, 4.69) is 16.5 Å². The van der Waals surface area contributed by atoms with Gasteiger partial charge in [-0.1, -0.05) is 36.9 Å². The van der Waals surface area contributed by atoms with E-state index >= 15 is 0 Å². The van der Waals surface area contributed by atoms with Gasteiger partial charge in [0.05, 0.1) is 13.2 Å². The van der Waals surface area contributed by atoms with Gasteiger partial charge in [0.15, 0.2) is 0 Å². The van der Waals surface area contributed by atoms with Crippen LogP contribution in [0.25, 0.3) is 6.08 Å². The van der Waals surface area contributed by atoms with Gasteiger partial charge in [0.2, 0.25) is 0 Å². The van der Waals surface area contributed by atoms with Gasteiger partial charge in [-0.25, -0.2) is 0 Å².